The number of rotatable bonds is 6. The van der Waals surface area contributed by atoms with Crippen LogP contribution in [0.1, 0.15) is 52.9 Å². The molecule has 0 aromatic carbocycles. The van der Waals surface area contributed by atoms with Crippen LogP contribution in [0.25, 0.3) is 0 Å². The van der Waals surface area contributed by atoms with Crippen LogP contribution in [0.2, 0.25) is 0 Å². The van der Waals surface area contributed by atoms with Crippen molar-refractivity contribution in [2.75, 3.05) is 13.6 Å². The monoisotopic (exact) mass is 290 g/mol. The third-order valence-electron chi connectivity index (χ3n) is 4.20. The number of hydrogen-bond donors (Lipinski definition) is 2. The van der Waals surface area contributed by atoms with Gasteiger partial charge in [0.2, 0.25) is 5.91 Å². The number of amides is 1. The minimum Gasteiger partial charge on any atom is -0.353 e. The molecule has 0 bridgehead atoms. The molecule has 19 heavy (non-hydrogen) atoms. The van der Waals surface area contributed by atoms with Crippen molar-refractivity contribution in [2.45, 2.75) is 58.9 Å². The van der Waals surface area contributed by atoms with Gasteiger partial charge in [0.05, 0.1) is 0 Å². The SMILES string of the molecule is CNCCCC(=O)NC1CC(C)CCC1C(C)C.Cl. The van der Waals surface area contributed by atoms with E-state index in [4.69, 9.17) is 0 Å². The summed E-state index contributed by atoms with van der Waals surface area (Å²) in [6.07, 6.45) is 5.31. The van der Waals surface area contributed by atoms with Gasteiger partial charge in [-0.05, 0) is 50.6 Å². The maximum Gasteiger partial charge on any atom is 0.220 e. The van der Waals surface area contributed by atoms with Gasteiger partial charge in [0, 0.05) is 12.5 Å². The molecule has 0 saturated heterocycles. The maximum absolute atomic E-state index is 11.9. The minimum atomic E-state index is 0. The van der Waals surface area contributed by atoms with Crippen molar-refractivity contribution in [3.63, 3.8) is 0 Å². The Balaban J connectivity index is 0.00000324. The van der Waals surface area contributed by atoms with Crippen LogP contribution in [0.15, 0.2) is 0 Å². The zero-order valence-corrected chi connectivity index (χ0v) is 13.7. The van der Waals surface area contributed by atoms with E-state index >= 15 is 0 Å². The first-order chi connectivity index (χ1) is 8.54. The second-order valence-electron chi connectivity index (χ2n) is 6.21. The van der Waals surface area contributed by atoms with Gasteiger partial charge in [-0.3, -0.25) is 4.79 Å². The van der Waals surface area contributed by atoms with Crippen molar-refractivity contribution < 1.29 is 4.79 Å². The summed E-state index contributed by atoms with van der Waals surface area (Å²) >= 11 is 0. The van der Waals surface area contributed by atoms with Crippen molar-refractivity contribution in [3.05, 3.63) is 0 Å². The summed E-state index contributed by atoms with van der Waals surface area (Å²) in [7, 11) is 1.93. The van der Waals surface area contributed by atoms with Gasteiger partial charge >= 0.3 is 0 Å². The fourth-order valence-corrected chi connectivity index (χ4v) is 3.07. The fraction of sp³-hybridized carbons (Fsp3) is 0.933. The van der Waals surface area contributed by atoms with Gasteiger partial charge in [-0.15, -0.1) is 12.4 Å². The molecule has 0 aromatic rings. The first-order valence-corrected chi connectivity index (χ1v) is 7.48. The Bertz CT molecular complexity index is 259. The van der Waals surface area contributed by atoms with Crippen molar-refractivity contribution >= 4 is 18.3 Å². The van der Waals surface area contributed by atoms with E-state index in [1.807, 2.05) is 7.05 Å². The van der Waals surface area contributed by atoms with E-state index in [0.29, 0.717) is 24.3 Å². The summed E-state index contributed by atoms with van der Waals surface area (Å²) in [6.45, 7) is 7.78. The highest BCUT2D eigenvalue weighted by Gasteiger charge is 2.31. The molecular formula is C15H31ClN2O. The van der Waals surface area contributed by atoms with E-state index in [2.05, 4.69) is 31.4 Å². The normalized spacial score (nSPS) is 26.9. The molecular weight excluding hydrogens is 260 g/mol. The Hall–Kier alpha value is -0.280. The summed E-state index contributed by atoms with van der Waals surface area (Å²) in [6, 6.07) is 0.399. The quantitative estimate of drug-likeness (QED) is 0.739. The van der Waals surface area contributed by atoms with Crippen molar-refractivity contribution in [3.8, 4) is 0 Å². The summed E-state index contributed by atoms with van der Waals surface area (Å²) in [4.78, 5) is 11.9. The maximum atomic E-state index is 11.9. The van der Waals surface area contributed by atoms with E-state index < -0.39 is 0 Å². The summed E-state index contributed by atoms with van der Waals surface area (Å²) in [5.74, 6) is 2.31. The van der Waals surface area contributed by atoms with E-state index in [-0.39, 0.29) is 18.3 Å². The lowest BCUT2D eigenvalue weighted by atomic mass is 9.74. The van der Waals surface area contributed by atoms with Gasteiger partial charge in [-0.25, -0.2) is 0 Å². The molecule has 3 unspecified atom stereocenters. The van der Waals surface area contributed by atoms with Crippen LogP contribution in [-0.4, -0.2) is 25.5 Å². The Kier molecular flexibility index (Phi) is 9.46. The molecule has 1 amide bonds. The van der Waals surface area contributed by atoms with Gasteiger partial charge in [-0.2, -0.15) is 0 Å². The van der Waals surface area contributed by atoms with E-state index in [0.717, 1.165) is 25.3 Å². The molecule has 3 nitrogen and oxygen atoms in total. The largest absolute Gasteiger partial charge is 0.353 e. The van der Waals surface area contributed by atoms with Crippen molar-refractivity contribution in [1.82, 2.24) is 10.6 Å². The molecule has 0 spiro atoms. The second kappa shape index (κ2) is 9.60. The Labute approximate surface area is 124 Å². The summed E-state index contributed by atoms with van der Waals surface area (Å²) in [5.41, 5.74) is 0. The lowest BCUT2D eigenvalue weighted by Gasteiger charge is -2.37. The predicted molar refractivity (Wildman–Crippen MR) is 83.7 cm³/mol. The first-order valence-electron chi connectivity index (χ1n) is 7.48. The third-order valence-corrected chi connectivity index (χ3v) is 4.20. The molecule has 0 radical (unpaired) electrons. The molecule has 0 heterocycles. The van der Waals surface area contributed by atoms with Gasteiger partial charge in [0.25, 0.3) is 0 Å². The average molecular weight is 291 g/mol. The van der Waals surface area contributed by atoms with Crippen molar-refractivity contribution in [1.29, 1.82) is 0 Å². The number of carbonyl (C=O) groups excluding carboxylic acids is 1. The van der Waals surface area contributed by atoms with Crippen molar-refractivity contribution in [2.24, 2.45) is 17.8 Å². The minimum absolute atomic E-state index is 0. The Morgan fingerprint density at radius 3 is 2.58 bits per heavy atom. The lowest BCUT2D eigenvalue weighted by molar-refractivity contribution is -0.122. The van der Waals surface area contributed by atoms with Gasteiger partial charge in [0.1, 0.15) is 0 Å². The molecule has 1 aliphatic carbocycles. The van der Waals surface area contributed by atoms with Crippen LogP contribution < -0.4 is 10.6 Å². The zero-order valence-electron chi connectivity index (χ0n) is 12.9. The molecule has 1 saturated carbocycles. The first kappa shape index (κ1) is 18.7. The summed E-state index contributed by atoms with van der Waals surface area (Å²) < 4.78 is 0. The van der Waals surface area contributed by atoms with E-state index in [9.17, 15) is 4.79 Å². The third kappa shape index (κ3) is 6.62. The Morgan fingerprint density at radius 1 is 1.32 bits per heavy atom. The van der Waals surface area contributed by atoms with Gasteiger partial charge < -0.3 is 10.6 Å². The molecule has 1 fully saturated rings. The van der Waals surface area contributed by atoms with Crippen LogP contribution in [0, 0.1) is 17.8 Å². The molecule has 2 N–H and O–H groups in total. The topological polar surface area (TPSA) is 41.1 Å². The van der Waals surface area contributed by atoms with Crippen LogP contribution in [0.5, 0.6) is 0 Å². The predicted octanol–water partition coefficient (Wildman–Crippen LogP) is 2.98. The zero-order chi connectivity index (χ0) is 13.5. The van der Waals surface area contributed by atoms with Crippen LogP contribution in [0.3, 0.4) is 0 Å². The number of hydrogen-bond acceptors (Lipinski definition) is 2. The Morgan fingerprint density at radius 2 is 2.00 bits per heavy atom. The molecule has 3 atom stereocenters. The molecule has 4 heteroatoms. The molecule has 0 aliphatic heterocycles. The number of halogens is 1. The fourth-order valence-electron chi connectivity index (χ4n) is 3.07. The van der Waals surface area contributed by atoms with Gasteiger partial charge in [-0.1, -0.05) is 27.2 Å². The van der Waals surface area contributed by atoms with Crippen LogP contribution >= 0.6 is 12.4 Å². The van der Waals surface area contributed by atoms with E-state index in [1.54, 1.807) is 0 Å². The highest BCUT2D eigenvalue weighted by atomic mass is 35.5. The lowest BCUT2D eigenvalue weighted by Crippen LogP contribution is -2.45. The second-order valence-corrected chi connectivity index (χ2v) is 6.21. The molecule has 1 rings (SSSR count). The highest BCUT2D eigenvalue weighted by molar-refractivity contribution is 5.85. The highest BCUT2D eigenvalue weighted by Crippen LogP contribution is 2.33. The van der Waals surface area contributed by atoms with Crippen LogP contribution in [-0.2, 0) is 4.79 Å². The standard InChI is InChI=1S/C15H30N2O.ClH/c1-11(2)13-8-7-12(3)10-14(13)17-15(18)6-5-9-16-4;/h11-14,16H,5-10H2,1-4H3,(H,17,18);1H. The number of nitrogens with one attached hydrogen (secondary N) is 2. The smallest absolute Gasteiger partial charge is 0.220 e. The van der Waals surface area contributed by atoms with Gasteiger partial charge in [0.15, 0.2) is 0 Å². The molecule has 0 aromatic heterocycles. The molecule has 1 aliphatic rings. The van der Waals surface area contributed by atoms with E-state index in [1.165, 1.54) is 12.8 Å². The van der Waals surface area contributed by atoms with Crippen LogP contribution in [0.4, 0.5) is 0 Å². The number of carbonyl (C=O) groups is 1. The average Bonchev–Trinajstić information content (AvgIpc) is 2.29. The molecule has 114 valence electrons. The summed E-state index contributed by atoms with van der Waals surface area (Å²) in [5, 5.41) is 6.35.